The number of rotatable bonds is 37. The molecule has 0 aromatic rings. The van der Waals surface area contributed by atoms with Crippen LogP contribution in [0.25, 0.3) is 0 Å². The molecule has 50 heavy (non-hydrogen) atoms. The molecule has 0 aliphatic carbocycles. The molecule has 1 unspecified atom stereocenters. The average molecular weight is 699 g/mol. The van der Waals surface area contributed by atoms with E-state index in [1.54, 1.807) is 0 Å². The number of hydrogen-bond acceptors (Lipinski definition) is 5. The Morgan fingerprint density at radius 3 is 1.54 bits per heavy atom. The van der Waals surface area contributed by atoms with E-state index in [4.69, 9.17) is 14.2 Å². The van der Waals surface area contributed by atoms with Gasteiger partial charge in [0.1, 0.15) is 6.61 Å². The van der Waals surface area contributed by atoms with Gasteiger partial charge < -0.3 is 14.2 Å². The minimum Gasteiger partial charge on any atom is -0.462 e. The predicted octanol–water partition coefficient (Wildman–Crippen LogP) is 13.4. The number of allylic oxidation sites excluding steroid dienone is 10. The van der Waals surface area contributed by atoms with Crippen molar-refractivity contribution in [3.8, 4) is 0 Å². The Bertz CT molecular complexity index is 884. The Morgan fingerprint density at radius 2 is 0.940 bits per heavy atom. The number of carbonyl (C=O) groups excluding carboxylic acids is 2. The summed E-state index contributed by atoms with van der Waals surface area (Å²) >= 11 is 0. The molecule has 0 aliphatic rings. The Hall–Kier alpha value is -2.40. The summed E-state index contributed by atoms with van der Waals surface area (Å²) in [5.41, 5.74) is 0. The minimum absolute atomic E-state index is 0.0440. The number of esters is 2. The molecule has 0 amide bonds. The van der Waals surface area contributed by atoms with Crippen LogP contribution in [0.2, 0.25) is 0 Å². The van der Waals surface area contributed by atoms with Crippen molar-refractivity contribution in [2.45, 2.75) is 194 Å². The third-order valence-corrected chi connectivity index (χ3v) is 8.55. The first-order valence-electron chi connectivity index (χ1n) is 20.8. The molecule has 0 aromatic carbocycles. The molecule has 0 saturated heterocycles. The molecule has 0 aromatic heterocycles. The lowest BCUT2D eigenvalue weighted by molar-refractivity contribution is -0.162. The monoisotopic (exact) mass is 699 g/mol. The molecule has 0 N–H and O–H groups in total. The van der Waals surface area contributed by atoms with Crippen molar-refractivity contribution in [3.63, 3.8) is 0 Å². The van der Waals surface area contributed by atoms with E-state index in [1.807, 2.05) is 6.08 Å². The molecule has 0 rings (SSSR count). The fraction of sp³-hybridized carbons (Fsp3) is 0.733. The zero-order valence-electron chi connectivity index (χ0n) is 32.9. The van der Waals surface area contributed by atoms with Crippen LogP contribution in [0.5, 0.6) is 0 Å². The average Bonchev–Trinajstić information content (AvgIpc) is 3.11. The van der Waals surface area contributed by atoms with Gasteiger partial charge in [-0.15, -0.1) is 0 Å². The first-order chi connectivity index (χ1) is 24.6. The van der Waals surface area contributed by atoms with Crippen LogP contribution in [-0.4, -0.2) is 37.9 Å². The number of hydrogen-bond donors (Lipinski definition) is 0. The topological polar surface area (TPSA) is 61.8 Å². The van der Waals surface area contributed by atoms with Crippen LogP contribution in [0.3, 0.4) is 0 Å². The lowest BCUT2D eigenvalue weighted by Gasteiger charge is -2.18. The van der Waals surface area contributed by atoms with Crippen molar-refractivity contribution in [2.24, 2.45) is 0 Å². The first kappa shape index (κ1) is 47.6. The maximum atomic E-state index is 12.6. The van der Waals surface area contributed by atoms with Crippen LogP contribution in [0.4, 0.5) is 0 Å². The number of ether oxygens (including phenoxy) is 3. The smallest absolute Gasteiger partial charge is 0.306 e. The van der Waals surface area contributed by atoms with Crippen LogP contribution >= 0.6 is 0 Å². The molecule has 0 spiro atoms. The fourth-order valence-electron chi connectivity index (χ4n) is 5.46. The minimum atomic E-state index is -0.563. The SMILES string of the molecule is CC/C=C\C/C=C\C/C=C\C/C=C\CCC(=O)OCC(COCCCCCCCCCC)OC(=O)CCCCCCC/C=C\CCCCCC. The number of unbranched alkanes of at least 4 members (excludes halogenated alkanes) is 16. The van der Waals surface area contributed by atoms with Gasteiger partial charge >= 0.3 is 11.9 Å². The maximum absolute atomic E-state index is 12.6. The van der Waals surface area contributed by atoms with Gasteiger partial charge in [-0.05, 0) is 70.6 Å². The Balaban J connectivity index is 4.34. The predicted molar refractivity (Wildman–Crippen MR) is 214 cm³/mol. The molecular weight excluding hydrogens is 620 g/mol. The van der Waals surface area contributed by atoms with Gasteiger partial charge in [0.05, 0.1) is 6.61 Å². The lowest BCUT2D eigenvalue weighted by Crippen LogP contribution is -2.30. The van der Waals surface area contributed by atoms with Crippen molar-refractivity contribution >= 4 is 11.9 Å². The van der Waals surface area contributed by atoms with Crippen molar-refractivity contribution < 1.29 is 23.8 Å². The summed E-state index contributed by atoms with van der Waals surface area (Å²) < 4.78 is 17.1. The molecule has 0 aliphatic heterocycles. The molecule has 0 fully saturated rings. The highest BCUT2D eigenvalue weighted by molar-refractivity contribution is 5.70. The molecule has 0 bridgehead atoms. The zero-order chi connectivity index (χ0) is 36.4. The second kappa shape index (κ2) is 41.0. The van der Waals surface area contributed by atoms with E-state index in [-0.39, 0.29) is 25.2 Å². The highest BCUT2D eigenvalue weighted by Gasteiger charge is 2.17. The summed E-state index contributed by atoms with van der Waals surface area (Å²) in [5.74, 6) is -0.504. The molecule has 1 atom stereocenters. The van der Waals surface area contributed by atoms with Gasteiger partial charge in [-0.25, -0.2) is 0 Å². The highest BCUT2D eigenvalue weighted by Crippen LogP contribution is 2.12. The summed E-state index contributed by atoms with van der Waals surface area (Å²) in [4.78, 5) is 25.1. The molecule has 0 saturated carbocycles. The first-order valence-corrected chi connectivity index (χ1v) is 20.8. The fourth-order valence-corrected chi connectivity index (χ4v) is 5.46. The van der Waals surface area contributed by atoms with E-state index in [9.17, 15) is 9.59 Å². The largest absolute Gasteiger partial charge is 0.462 e. The summed E-state index contributed by atoms with van der Waals surface area (Å²) in [6.45, 7) is 7.58. The molecule has 0 radical (unpaired) electrons. The highest BCUT2D eigenvalue weighted by atomic mass is 16.6. The Labute approximate surface area is 309 Å². The molecule has 5 nitrogen and oxygen atoms in total. The van der Waals surface area contributed by atoms with Crippen molar-refractivity contribution in [1.29, 1.82) is 0 Å². The van der Waals surface area contributed by atoms with Gasteiger partial charge in [-0.3, -0.25) is 9.59 Å². The van der Waals surface area contributed by atoms with Crippen LogP contribution < -0.4 is 0 Å². The second-order valence-electron chi connectivity index (χ2n) is 13.5. The third-order valence-electron chi connectivity index (χ3n) is 8.55. The quantitative estimate of drug-likeness (QED) is 0.0367. The van der Waals surface area contributed by atoms with Gasteiger partial charge in [-0.1, -0.05) is 165 Å². The van der Waals surface area contributed by atoms with Crippen molar-refractivity contribution in [1.82, 2.24) is 0 Å². The third kappa shape index (κ3) is 38.4. The van der Waals surface area contributed by atoms with Gasteiger partial charge in [0.25, 0.3) is 0 Å². The summed E-state index contributed by atoms with van der Waals surface area (Å²) in [6.07, 6.45) is 49.4. The standard InChI is InChI=1S/C45H78O5/c1-4-7-10-13-16-19-21-23-25-27-29-32-35-38-44(46)49-42-43(41-48-40-37-34-31-18-15-12-9-6-3)50-45(47)39-36-33-30-28-26-24-22-20-17-14-11-8-5-2/h7,10,16,19-20,22-23,25,29,32,43H,4-6,8-9,11-15,17-18,21,24,26-28,30-31,33-42H2,1-3H3/b10-7-,19-16-,22-20-,25-23-,32-29-. The van der Waals surface area contributed by atoms with E-state index in [1.165, 1.54) is 83.5 Å². The summed E-state index contributed by atoms with van der Waals surface area (Å²) in [5, 5.41) is 0. The van der Waals surface area contributed by atoms with E-state index >= 15 is 0 Å². The lowest BCUT2D eigenvalue weighted by atomic mass is 10.1. The molecular formula is C45H78O5. The summed E-state index contributed by atoms with van der Waals surface area (Å²) in [6, 6.07) is 0. The zero-order valence-corrected chi connectivity index (χ0v) is 32.9. The van der Waals surface area contributed by atoms with Gasteiger partial charge in [0.2, 0.25) is 0 Å². The second-order valence-corrected chi connectivity index (χ2v) is 13.5. The van der Waals surface area contributed by atoms with E-state index in [0.717, 1.165) is 64.2 Å². The van der Waals surface area contributed by atoms with Gasteiger partial charge in [-0.2, -0.15) is 0 Å². The van der Waals surface area contributed by atoms with Crippen LogP contribution in [0, 0.1) is 0 Å². The van der Waals surface area contributed by atoms with Crippen molar-refractivity contribution in [2.75, 3.05) is 19.8 Å². The maximum Gasteiger partial charge on any atom is 0.306 e. The number of carbonyl (C=O) groups is 2. The summed E-state index contributed by atoms with van der Waals surface area (Å²) in [7, 11) is 0. The van der Waals surface area contributed by atoms with Crippen LogP contribution in [-0.2, 0) is 23.8 Å². The van der Waals surface area contributed by atoms with Crippen LogP contribution in [0.1, 0.15) is 188 Å². The van der Waals surface area contributed by atoms with Gasteiger partial charge in [0.15, 0.2) is 6.10 Å². The van der Waals surface area contributed by atoms with Gasteiger partial charge in [0, 0.05) is 19.4 Å². The van der Waals surface area contributed by atoms with E-state index < -0.39 is 6.10 Å². The van der Waals surface area contributed by atoms with E-state index in [0.29, 0.717) is 25.9 Å². The molecule has 288 valence electrons. The van der Waals surface area contributed by atoms with Crippen LogP contribution in [0.15, 0.2) is 60.8 Å². The van der Waals surface area contributed by atoms with Crippen molar-refractivity contribution in [3.05, 3.63) is 60.8 Å². The Morgan fingerprint density at radius 1 is 0.460 bits per heavy atom. The normalized spacial score (nSPS) is 12.8. The Kier molecular flexibility index (Phi) is 39.1. The molecule has 0 heterocycles. The molecule has 5 heteroatoms. The van der Waals surface area contributed by atoms with E-state index in [2.05, 4.69) is 75.5 Å².